The number of hydrogen-bond acceptors (Lipinski definition) is 4. The fourth-order valence-corrected chi connectivity index (χ4v) is 1.96. The molecule has 2 aromatic heterocycles. The van der Waals surface area contributed by atoms with Crippen LogP contribution in [0.25, 0.3) is 0 Å². The predicted molar refractivity (Wildman–Crippen MR) is 91.3 cm³/mol. The lowest BCUT2D eigenvalue weighted by Crippen LogP contribution is -2.36. The van der Waals surface area contributed by atoms with Crippen LogP contribution in [-0.2, 0) is 13.1 Å². The number of pyridine rings is 2. The van der Waals surface area contributed by atoms with Gasteiger partial charge in [0.05, 0.1) is 18.8 Å². The van der Waals surface area contributed by atoms with Crippen LogP contribution >= 0.6 is 0 Å². The summed E-state index contributed by atoms with van der Waals surface area (Å²) in [6, 6.07) is 9.74. The number of hydrogen-bond donors (Lipinski definition) is 2. The minimum Gasteiger partial charge on any atom is -0.477 e. The highest BCUT2D eigenvalue weighted by molar-refractivity contribution is 5.79. The molecule has 6 nitrogen and oxygen atoms in total. The number of guanidine groups is 1. The highest BCUT2D eigenvalue weighted by Gasteiger charge is 2.06. The van der Waals surface area contributed by atoms with E-state index in [-0.39, 0.29) is 0 Å². The molecule has 0 amide bonds. The van der Waals surface area contributed by atoms with E-state index in [9.17, 15) is 0 Å². The van der Waals surface area contributed by atoms with Gasteiger partial charge >= 0.3 is 0 Å². The van der Waals surface area contributed by atoms with E-state index in [0.717, 1.165) is 17.7 Å². The first-order valence-electron chi connectivity index (χ1n) is 7.74. The Labute approximate surface area is 137 Å². The highest BCUT2D eigenvalue weighted by atomic mass is 16.5. The SMILES string of the molecule is CCCOc1ncccc1CNC(=NC)NCc1ccccn1. The Morgan fingerprint density at radius 1 is 1.09 bits per heavy atom. The summed E-state index contributed by atoms with van der Waals surface area (Å²) in [5, 5.41) is 6.50. The van der Waals surface area contributed by atoms with E-state index in [1.165, 1.54) is 0 Å². The number of aromatic nitrogens is 2. The molecule has 23 heavy (non-hydrogen) atoms. The summed E-state index contributed by atoms with van der Waals surface area (Å²) in [5.41, 5.74) is 1.96. The lowest BCUT2D eigenvalue weighted by molar-refractivity contribution is 0.301. The molecule has 0 aliphatic rings. The summed E-state index contributed by atoms with van der Waals surface area (Å²) in [6.07, 6.45) is 4.47. The van der Waals surface area contributed by atoms with Gasteiger partial charge in [-0.1, -0.05) is 19.1 Å². The zero-order valence-electron chi connectivity index (χ0n) is 13.6. The average molecular weight is 313 g/mol. The Morgan fingerprint density at radius 3 is 2.65 bits per heavy atom. The minimum absolute atomic E-state index is 0.592. The summed E-state index contributed by atoms with van der Waals surface area (Å²) in [7, 11) is 1.74. The summed E-state index contributed by atoms with van der Waals surface area (Å²) < 4.78 is 5.66. The van der Waals surface area contributed by atoms with Gasteiger partial charge in [-0.2, -0.15) is 0 Å². The molecule has 0 spiro atoms. The molecule has 0 fully saturated rings. The van der Waals surface area contributed by atoms with E-state index in [1.807, 2.05) is 30.3 Å². The van der Waals surface area contributed by atoms with Crippen LogP contribution in [0.15, 0.2) is 47.7 Å². The molecule has 0 saturated carbocycles. The fraction of sp³-hybridized carbons (Fsp3) is 0.353. The third-order valence-electron chi connectivity index (χ3n) is 3.13. The fourth-order valence-electron chi connectivity index (χ4n) is 1.96. The van der Waals surface area contributed by atoms with Crippen LogP contribution < -0.4 is 15.4 Å². The number of ether oxygens (including phenoxy) is 1. The second kappa shape index (κ2) is 9.40. The van der Waals surface area contributed by atoms with Crippen LogP contribution in [-0.4, -0.2) is 29.6 Å². The molecule has 2 rings (SSSR count). The second-order valence-electron chi connectivity index (χ2n) is 4.92. The molecule has 0 aliphatic carbocycles. The molecule has 0 aliphatic heterocycles. The summed E-state index contributed by atoms with van der Waals surface area (Å²) in [4.78, 5) is 12.8. The summed E-state index contributed by atoms with van der Waals surface area (Å²) in [6.45, 7) is 3.95. The molecule has 2 N–H and O–H groups in total. The standard InChI is InChI=1S/C17H23N5O/c1-3-11-23-16-14(7-6-10-20-16)12-21-17(18-2)22-13-15-8-4-5-9-19-15/h4-10H,3,11-13H2,1-2H3,(H2,18,21,22). The van der Waals surface area contributed by atoms with Gasteiger partial charge in [0.25, 0.3) is 0 Å². The Balaban J connectivity index is 1.88. The van der Waals surface area contributed by atoms with Crippen molar-refractivity contribution in [2.45, 2.75) is 26.4 Å². The van der Waals surface area contributed by atoms with Crippen molar-refractivity contribution in [2.24, 2.45) is 4.99 Å². The average Bonchev–Trinajstić information content (AvgIpc) is 2.61. The monoisotopic (exact) mass is 313 g/mol. The van der Waals surface area contributed by atoms with Gasteiger partial charge in [0.1, 0.15) is 0 Å². The van der Waals surface area contributed by atoms with Gasteiger partial charge in [0.15, 0.2) is 5.96 Å². The van der Waals surface area contributed by atoms with Crippen molar-refractivity contribution in [1.29, 1.82) is 0 Å². The van der Waals surface area contributed by atoms with Crippen molar-refractivity contribution < 1.29 is 4.74 Å². The van der Waals surface area contributed by atoms with Crippen molar-refractivity contribution in [3.05, 3.63) is 54.0 Å². The largest absolute Gasteiger partial charge is 0.477 e. The van der Waals surface area contributed by atoms with Crippen LogP contribution in [0.5, 0.6) is 5.88 Å². The first kappa shape index (κ1) is 16.7. The van der Waals surface area contributed by atoms with E-state index < -0.39 is 0 Å². The van der Waals surface area contributed by atoms with Gasteiger partial charge in [0.2, 0.25) is 5.88 Å². The van der Waals surface area contributed by atoms with Gasteiger partial charge < -0.3 is 15.4 Å². The molecule has 2 heterocycles. The zero-order chi connectivity index (χ0) is 16.3. The first-order valence-corrected chi connectivity index (χ1v) is 7.74. The Kier molecular flexibility index (Phi) is 6.84. The van der Waals surface area contributed by atoms with Gasteiger partial charge in [-0.3, -0.25) is 9.98 Å². The third kappa shape index (κ3) is 5.58. The summed E-state index contributed by atoms with van der Waals surface area (Å²) in [5.74, 6) is 1.38. The van der Waals surface area contributed by atoms with E-state index in [0.29, 0.717) is 31.5 Å². The van der Waals surface area contributed by atoms with Crippen LogP contribution in [0.2, 0.25) is 0 Å². The predicted octanol–water partition coefficient (Wildman–Crippen LogP) is 2.13. The Morgan fingerprint density at radius 2 is 1.91 bits per heavy atom. The Bertz CT molecular complexity index is 615. The zero-order valence-corrected chi connectivity index (χ0v) is 13.6. The van der Waals surface area contributed by atoms with E-state index >= 15 is 0 Å². The molecule has 0 saturated heterocycles. The van der Waals surface area contributed by atoms with Crippen molar-refractivity contribution in [2.75, 3.05) is 13.7 Å². The van der Waals surface area contributed by atoms with Crippen LogP contribution in [0.4, 0.5) is 0 Å². The molecular weight excluding hydrogens is 290 g/mol. The number of nitrogens with one attached hydrogen (secondary N) is 2. The van der Waals surface area contributed by atoms with Crippen LogP contribution in [0.1, 0.15) is 24.6 Å². The molecule has 0 aromatic carbocycles. The van der Waals surface area contributed by atoms with Crippen LogP contribution in [0.3, 0.4) is 0 Å². The van der Waals surface area contributed by atoms with Crippen molar-refractivity contribution >= 4 is 5.96 Å². The molecule has 2 aromatic rings. The van der Waals surface area contributed by atoms with Crippen molar-refractivity contribution in [3.63, 3.8) is 0 Å². The summed E-state index contributed by atoms with van der Waals surface area (Å²) >= 11 is 0. The van der Waals surface area contributed by atoms with E-state index in [4.69, 9.17) is 4.74 Å². The third-order valence-corrected chi connectivity index (χ3v) is 3.13. The maximum absolute atomic E-state index is 5.66. The molecule has 0 bridgehead atoms. The van der Waals surface area contributed by atoms with E-state index in [1.54, 1.807) is 19.4 Å². The smallest absolute Gasteiger partial charge is 0.218 e. The molecule has 122 valence electrons. The maximum Gasteiger partial charge on any atom is 0.218 e. The van der Waals surface area contributed by atoms with Gasteiger partial charge in [-0.05, 0) is 24.6 Å². The quantitative estimate of drug-likeness (QED) is 0.605. The van der Waals surface area contributed by atoms with Crippen molar-refractivity contribution in [1.82, 2.24) is 20.6 Å². The highest BCUT2D eigenvalue weighted by Crippen LogP contribution is 2.14. The number of aliphatic imine (C=N–C) groups is 1. The maximum atomic E-state index is 5.66. The second-order valence-corrected chi connectivity index (χ2v) is 4.92. The molecule has 0 atom stereocenters. The van der Waals surface area contributed by atoms with Gasteiger partial charge in [-0.15, -0.1) is 0 Å². The lowest BCUT2D eigenvalue weighted by atomic mass is 10.2. The molecule has 0 radical (unpaired) electrons. The molecule has 0 unspecified atom stereocenters. The lowest BCUT2D eigenvalue weighted by Gasteiger charge is -2.13. The van der Waals surface area contributed by atoms with E-state index in [2.05, 4.69) is 32.5 Å². The normalized spacial score (nSPS) is 11.1. The van der Waals surface area contributed by atoms with Gasteiger partial charge in [0, 0.05) is 31.5 Å². The number of rotatable bonds is 7. The minimum atomic E-state index is 0.592. The van der Waals surface area contributed by atoms with Crippen molar-refractivity contribution in [3.8, 4) is 5.88 Å². The van der Waals surface area contributed by atoms with Crippen LogP contribution in [0, 0.1) is 0 Å². The molecular formula is C17H23N5O. The first-order chi connectivity index (χ1) is 11.3. The Hall–Kier alpha value is -2.63. The molecule has 6 heteroatoms. The number of nitrogens with zero attached hydrogens (tertiary/aromatic N) is 3. The topological polar surface area (TPSA) is 71.4 Å². The van der Waals surface area contributed by atoms with Gasteiger partial charge in [-0.25, -0.2) is 4.98 Å².